The summed E-state index contributed by atoms with van der Waals surface area (Å²) >= 11 is 5.80. The molecule has 8 heteroatoms. The predicted molar refractivity (Wildman–Crippen MR) is 74.4 cm³/mol. The second-order valence-electron chi connectivity index (χ2n) is 4.28. The lowest BCUT2D eigenvalue weighted by Gasteiger charge is -2.08. The van der Waals surface area contributed by atoms with Crippen molar-refractivity contribution in [2.75, 3.05) is 5.32 Å². The zero-order valence-corrected chi connectivity index (χ0v) is 11.8. The molecule has 2 rings (SSSR count). The molecule has 0 radical (unpaired) electrons. The maximum atomic E-state index is 11.8. The summed E-state index contributed by atoms with van der Waals surface area (Å²) in [6, 6.07) is 4.17. The second-order valence-corrected chi connectivity index (χ2v) is 4.72. The summed E-state index contributed by atoms with van der Waals surface area (Å²) in [4.78, 5) is 26.9. The van der Waals surface area contributed by atoms with Crippen LogP contribution < -0.4 is 5.32 Å². The van der Waals surface area contributed by atoms with E-state index >= 15 is 0 Å². The van der Waals surface area contributed by atoms with Crippen molar-refractivity contribution in [1.82, 2.24) is 10.1 Å². The number of benzene rings is 1. The van der Waals surface area contributed by atoms with Gasteiger partial charge in [0.25, 0.3) is 0 Å². The maximum absolute atomic E-state index is 11.8. The molecule has 0 saturated carbocycles. The number of hydrogen-bond acceptors (Lipinski definition) is 5. The highest BCUT2D eigenvalue weighted by molar-refractivity contribution is 6.31. The van der Waals surface area contributed by atoms with Crippen LogP contribution in [0.25, 0.3) is 0 Å². The van der Waals surface area contributed by atoms with Gasteiger partial charge in [-0.1, -0.05) is 16.8 Å². The fraction of sp³-hybridized carbons (Fsp3) is 0.231. The van der Waals surface area contributed by atoms with Gasteiger partial charge in [0, 0.05) is 17.9 Å². The fourth-order valence-electron chi connectivity index (χ4n) is 1.68. The largest absolute Gasteiger partial charge is 0.478 e. The summed E-state index contributed by atoms with van der Waals surface area (Å²) in [5.74, 6) is -0.661. The van der Waals surface area contributed by atoms with Gasteiger partial charge in [0.1, 0.15) is 0 Å². The van der Waals surface area contributed by atoms with E-state index in [4.69, 9.17) is 21.2 Å². The number of aromatic carboxylic acids is 1. The molecule has 0 atom stereocenters. The zero-order valence-electron chi connectivity index (χ0n) is 11.1. The van der Waals surface area contributed by atoms with Crippen LogP contribution in [0.4, 0.5) is 5.69 Å². The Labute approximate surface area is 124 Å². The van der Waals surface area contributed by atoms with E-state index in [9.17, 15) is 9.59 Å². The average molecular weight is 310 g/mol. The molecular weight excluding hydrogens is 298 g/mol. The number of carbonyl (C=O) groups is 2. The van der Waals surface area contributed by atoms with Crippen molar-refractivity contribution in [3.8, 4) is 0 Å². The van der Waals surface area contributed by atoms with E-state index in [0.717, 1.165) is 0 Å². The van der Waals surface area contributed by atoms with E-state index in [2.05, 4.69) is 15.5 Å². The van der Waals surface area contributed by atoms with Crippen molar-refractivity contribution in [3.05, 3.63) is 40.5 Å². The van der Waals surface area contributed by atoms with Crippen molar-refractivity contribution >= 4 is 29.2 Å². The Balaban J connectivity index is 2.02. The first-order chi connectivity index (χ1) is 9.95. The summed E-state index contributed by atoms with van der Waals surface area (Å²) in [6.07, 6.45) is 0.364. The molecule has 1 aromatic heterocycles. The van der Waals surface area contributed by atoms with E-state index in [1.165, 1.54) is 18.2 Å². The highest BCUT2D eigenvalue weighted by atomic mass is 35.5. The number of carboxylic acid groups (broad SMARTS) is 1. The quantitative estimate of drug-likeness (QED) is 0.878. The van der Waals surface area contributed by atoms with Crippen LogP contribution in [0, 0.1) is 6.92 Å². The van der Waals surface area contributed by atoms with E-state index in [-0.39, 0.29) is 30.0 Å². The van der Waals surface area contributed by atoms with E-state index < -0.39 is 5.97 Å². The third-order valence-corrected chi connectivity index (χ3v) is 2.86. The number of hydrogen-bond donors (Lipinski definition) is 2. The Bertz CT molecular complexity index is 684. The number of nitrogens with one attached hydrogen (secondary N) is 1. The first kappa shape index (κ1) is 15.0. The standard InChI is InChI=1S/C13H12ClN3O4/c1-7-15-12(21-17-7)5-4-11(18)16-10-6-8(14)2-3-9(10)13(19)20/h2-3,6H,4-5H2,1H3,(H,16,18)(H,19,20). The third-order valence-electron chi connectivity index (χ3n) is 2.62. The van der Waals surface area contributed by atoms with Crippen LogP contribution in [-0.2, 0) is 11.2 Å². The van der Waals surface area contributed by atoms with Crippen molar-refractivity contribution in [3.63, 3.8) is 0 Å². The highest BCUT2D eigenvalue weighted by Gasteiger charge is 2.14. The Hall–Kier alpha value is -2.41. The molecule has 1 amide bonds. The number of aromatic nitrogens is 2. The van der Waals surface area contributed by atoms with Gasteiger partial charge >= 0.3 is 5.97 Å². The molecule has 2 N–H and O–H groups in total. The van der Waals surface area contributed by atoms with Crippen molar-refractivity contribution in [2.45, 2.75) is 19.8 Å². The van der Waals surface area contributed by atoms with E-state index in [0.29, 0.717) is 16.7 Å². The van der Waals surface area contributed by atoms with Gasteiger partial charge in [0.05, 0.1) is 11.3 Å². The molecule has 0 saturated heterocycles. The summed E-state index contributed by atoms with van der Waals surface area (Å²) in [5, 5.41) is 15.5. The summed E-state index contributed by atoms with van der Waals surface area (Å²) < 4.78 is 4.89. The molecule has 7 nitrogen and oxygen atoms in total. The van der Waals surface area contributed by atoms with Crippen LogP contribution in [0.15, 0.2) is 22.7 Å². The molecule has 110 valence electrons. The molecule has 0 fully saturated rings. The van der Waals surface area contributed by atoms with Gasteiger partial charge in [-0.2, -0.15) is 4.98 Å². The molecule has 0 unspecified atom stereocenters. The topological polar surface area (TPSA) is 105 Å². The number of anilines is 1. The van der Waals surface area contributed by atoms with Gasteiger partial charge in [-0.25, -0.2) is 4.79 Å². The normalized spacial score (nSPS) is 10.4. The molecule has 0 bridgehead atoms. The first-order valence-corrected chi connectivity index (χ1v) is 6.45. The SMILES string of the molecule is Cc1noc(CCC(=O)Nc2cc(Cl)ccc2C(=O)O)n1. The first-order valence-electron chi connectivity index (χ1n) is 6.07. The van der Waals surface area contributed by atoms with Crippen LogP contribution in [-0.4, -0.2) is 27.1 Å². The van der Waals surface area contributed by atoms with Crippen molar-refractivity contribution in [2.24, 2.45) is 0 Å². The van der Waals surface area contributed by atoms with Gasteiger partial charge in [-0.05, 0) is 25.1 Å². The lowest BCUT2D eigenvalue weighted by Crippen LogP contribution is -2.15. The van der Waals surface area contributed by atoms with E-state index in [1.807, 2.05) is 0 Å². The van der Waals surface area contributed by atoms with Gasteiger partial charge < -0.3 is 14.9 Å². The molecule has 0 spiro atoms. The van der Waals surface area contributed by atoms with Gasteiger partial charge in [0.15, 0.2) is 5.82 Å². The number of halogens is 1. The predicted octanol–water partition coefficient (Wildman–Crippen LogP) is 2.30. The minimum atomic E-state index is -1.14. The Morgan fingerprint density at radius 2 is 2.19 bits per heavy atom. The molecule has 2 aromatic rings. The molecule has 1 aromatic carbocycles. The second kappa shape index (κ2) is 6.36. The number of aryl methyl sites for hydroxylation is 2. The minimum Gasteiger partial charge on any atom is -0.478 e. The van der Waals surface area contributed by atoms with Crippen molar-refractivity contribution in [1.29, 1.82) is 0 Å². The molecule has 1 heterocycles. The number of amides is 1. The zero-order chi connectivity index (χ0) is 15.4. The molecule has 0 aliphatic heterocycles. The lowest BCUT2D eigenvalue weighted by atomic mass is 10.1. The van der Waals surface area contributed by atoms with Gasteiger partial charge in [0.2, 0.25) is 11.8 Å². The number of nitrogens with zero attached hydrogens (tertiary/aromatic N) is 2. The number of carboxylic acids is 1. The van der Waals surface area contributed by atoms with Crippen LogP contribution in [0.1, 0.15) is 28.5 Å². The Kier molecular flexibility index (Phi) is 4.54. The Morgan fingerprint density at radius 1 is 1.43 bits per heavy atom. The highest BCUT2D eigenvalue weighted by Crippen LogP contribution is 2.21. The molecule has 21 heavy (non-hydrogen) atoms. The van der Waals surface area contributed by atoms with Crippen LogP contribution in [0.2, 0.25) is 5.02 Å². The average Bonchev–Trinajstić information content (AvgIpc) is 2.82. The van der Waals surface area contributed by atoms with Crippen LogP contribution in [0.5, 0.6) is 0 Å². The Morgan fingerprint density at radius 3 is 2.81 bits per heavy atom. The minimum absolute atomic E-state index is 0.0265. The van der Waals surface area contributed by atoms with Crippen LogP contribution >= 0.6 is 11.6 Å². The van der Waals surface area contributed by atoms with Gasteiger partial charge in [-0.3, -0.25) is 4.79 Å². The van der Waals surface area contributed by atoms with E-state index in [1.54, 1.807) is 6.92 Å². The lowest BCUT2D eigenvalue weighted by molar-refractivity contribution is -0.116. The third kappa shape index (κ3) is 4.03. The molecule has 0 aliphatic rings. The number of rotatable bonds is 5. The fourth-order valence-corrected chi connectivity index (χ4v) is 1.85. The van der Waals surface area contributed by atoms with Gasteiger partial charge in [-0.15, -0.1) is 0 Å². The van der Waals surface area contributed by atoms with Crippen LogP contribution in [0.3, 0.4) is 0 Å². The smallest absolute Gasteiger partial charge is 0.337 e. The number of carbonyl (C=O) groups excluding carboxylic acids is 1. The monoisotopic (exact) mass is 309 g/mol. The summed E-state index contributed by atoms with van der Waals surface area (Å²) in [5.41, 5.74) is 0.128. The van der Waals surface area contributed by atoms with Crippen molar-refractivity contribution < 1.29 is 19.2 Å². The molecule has 0 aliphatic carbocycles. The summed E-state index contributed by atoms with van der Waals surface area (Å²) in [6.45, 7) is 1.68. The summed E-state index contributed by atoms with van der Waals surface area (Å²) in [7, 11) is 0. The maximum Gasteiger partial charge on any atom is 0.337 e. The molecular formula is C13H12ClN3O4.